The van der Waals surface area contributed by atoms with Crippen molar-refractivity contribution in [2.24, 2.45) is 0 Å². The van der Waals surface area contributed by atoms with Crippen LogP contribution in [0.15, 0.2) is 33.3 Å². The van der Waals surface area contributed by atoms with Gasteiger partial charge in [0, 0.05) is 17.9 Å². The van der Waals surface area contributed by atoms with Crippen LogP contribution in [0, 0.1) is 0 Å². The highest BCUT2D eigenvalue weighted by atomic mass is 79.9. The van der Waals surface area contributed by atoms with Gasteiger partial charge in [0.1, 0.15) is 5.75 Å². The van der Waals surface area contributed by atoms with Crippen LogP contribution in [0.1, 0.15) is 25.1 Å². The molecule has 0 bridgehead atoms. The van der Waals surface area contributed by atoms with Crippen LogP contribution in [-0.4, -0.2) is 34.6 Å². The number of hydrogen-bond donors (Lipinski definition) is 0. The zero-order valence-corrected chi connectivity index (χ0v) is 14.2. The van der Waals surface area contributed by atoms with E-state index in [9.17, 15) is 4.79 Å². The Hall–Kier alpha value is -1.89. The highest BCUT2D eigenvalue weighted by Crippen LogP contribution is 2.17. The Morgan fingerprint density at radius 1 is 1.45 bits per heavy atom. The summed E-state index contributed by atoms with van der Waals surface area (Å²) in [6.45, 7) is 2.58. The molecular weight excluding hydrogens is 350 g/mol. The summed E-state index contributed by atoms with van der Waals surface area (Å²) < 4.78 is 11.6. The second kappa shape index (κ2) is 7.93. The molecule has 0 atom stereocenters. The average molecular weight is 368 g/mol. The van der Waals surface area contributed by atoms with Gasteiger partial charge in [-0.2, -0.15) is 4.98 Å². The number of rotatable bonds is 7. The van der Waals surface area contributed by atoms with Gasteiger partial charge < -0.3 is 14.2 Å². The van der Waals surface area contributed by atoms with Gasteiger partial charge in [-0.1, -0.05) is 34.1 Å². The quantitative estimate of drug-likeness (QED) is 0.752. The Balaban J connectivity index is 1.76. The van der Waals surface area contributed by atoms with E-state index < -0.39 is 0 Å². The van der Waals surface area contributed by atoms with Crippen molar-refractivity contribution in [3.8, 4) is 5.75 Å². The fourth-order valence-corrected chi connectivity index (χ4v) is 2.17. The van der Waals surface area contributed by atoms with Crippen molar-refractivity contribution in [3.63, 3.8) is 0 Å². The Morgan fingerprint density at radius 3 is 2.95 bits per heavy atom. The number of carbonyl (C=O) groups excluding carboxylic acids is 1. The molecule has 0 aliphatic heterocycles. The molecule has 7 heteroatoms. The molecule has 22 heavy (non-hydrogen) atoms. The van der Waals surface area contributed by atoms with Gasteiger partial charge >= 0.3 is 0 Å². The summed E-state index contributed by atoms with van der Waals surface area (Å²) in [4.78, 5) is 17.8. The monoisotopic (exact) mass is 367 g/mol. The molecule has 0 radical (unpaired) electrons. The molecule has 0 aliphatic carbocycles. The number of ether oxygens (including phenoxy) is 1. The molecule has 0 saturated carbocycles. The van der Waals surface area contributed by atoms with E-state index in [0.29, 0.717) is 31.3 Å². The van der Waals surface area contributed by atoms with Crippen molar-refractivity contribution in [1.29, 1.82) is 0 Å². The molecule has 1 amide bonds. The van der Waals surface area contributed by atoms with E-state index in [1.54, 1.807) is 11.9 Å². The predicted octanol–water partition coefficient (Wildman–Crippen LogP) is 2.82. The first-order valence-electron chi connectivity index (χ1n) is 7.02. The van der Waals surface area contributed by atoms with Crippen molar-refractivity contribution in [2.45, 2.75) is 26.3 Å². The minimum atomic E-state index is -0.0359. The molecule has 118 valence electrons. The summed E-state index contributed by atoms with van der Waals surface area (Å²) in [5, 5.41) is 3.80. The van der Waals surface area contributed by atoms with Crippen LogP contribution in [0.4, 0.5) is 0 Å². The zero-order chi connectivity index (χ0) is 15.9. The number of hydrogen-bond acceptors (Lipinski definition) is 5. The summed E-state index contributed by atoms with van der Waals surface area (Å²) in [7, 11) is 1.71. The molecule has 0 aliphatic rings. The molecule has 1 aromatic carbocycles. The number of nitrogens with zero attached hydrogens (tertiary/aromatic N) is 3. The first-order chi connectivity index (χ1) is 10.6. The number of aryl methyl sites for hydroxylation is 1. The lowest BCUT2D eigenvalue weighted by Crippen LogP contribution is -2.27. The van der Waals surface area contributed by atoms with Crippen LogP contribution in [0.2, 0.25) is 0 Å². The lowest BCUT2D eigenvalue weighted by atomic mass is 10.3. The molecular formula is C15H18BrN3O3. The minimum Gasteiger partial charge on any atom is -0.493 e. The minimum absolute atomic E-state index is 0.0359. The second-order valence-corrected chi connectivity index (χ2v) is 5.68. The summed E-state index contributed by atoms with van der Waals surface area (Å²) in [5.41, 5.74) is 0. The van der Waals surface area contributed by atoms with Crippen molar-refractivity contribution in [3.05, 3.63) is 40.5 Å². The van der Waals surface area contributed by atoms with Gasteiger partial charge in [0.15, 0.2) is 5.82 Å². The van der Waals surface area contributed by atoms with E-state index in [1.165, 1.54) is 0 Å². The number of carbonyl (C=O) groups is 1. The van der Waals surface area contributed by atoms with Gasteiger partial charge in [0.25, 0.3) is 0 Å². The predicted molar refractivity (Wildman–Crippen MR) is 84.4 cm³/mol. The third-order valence-electron chi connectivity index (χ3n) is 3.01. The van der Waals surface area contributed by atoms with Crippen molar-refractivity contribution < 1.29 is 14.1 Å². The van der Waals surface area contributed by atoms with E-state index in [-0.39, 0.29) is 12.3 Å². The molecule has 0 spiro atoms. The summed E-state index contributed by atoms with van der Waals surface area (Å²) in [6.07, 6.45) is 0.999. The second-order valence-electron chi connectivity index (χ2n) is 4.76. The van der Waals surface area contributed by atoms with Gasteiger partial charge in [0.05, 0.1) is 19.6 Å². The molecule has 0 unspecified atom stereocenters. The third-order valence-corrected chi connectivity index (χ3v) is 3.50. The zero-order valence-electron chi connectivity index (χ0n) is 12.6. The molecule has 1 aromatic heterocycles. The van der Waals surface area contributed by atoms with Crippen molar-refractivity contribution >= 4 is 21.8 Å². The Labute approximate surface area is 137 Å². The van der Waals surface area contributed by atoms with Gasteiger partial charge in [-0.15, -0.1) is 0 Å². The highest BCUT2D eigenvalue weighted by Gasteiger charge is 2.13. The maximum Gasteiger partial charge on any atom is 0.246 e. The number of amides is 1. The summed E-state index contributed by atoms with van der Waals surface area (Å²) >= 11 is 3.37. The molecule has 0 fully saturated rings. The Bertz CT molecular complexity index is 630. The van der Waals surface area contributed by atoms with E-state index in [4.69, 9.17) is 9.26 Å². The SMILES string of the molecule is CCc1noc(CN(C)C(=O)CCOc2cccc(Br)c2)n1. The average Bonchev–Trinajstić information content (AvgIpc) is 2.95. The lowest BCUT2D eigenvalue weighted by Gasteiger charge is -2.15. The van der Waals surface area contributed by atoms with Crippen LogP contribution in [0.25, 0.3) is 0 Å². The van der Waals surface area contributed by atoms with Gasteiger partial charge in [-0.25, -0.2) is 0 Å². The number of benzene rings is 1. The normalized spacial score (nSPS) is 10.5. The standard InChI is InChI=1S/C15H18BrN3O3/c1-3-13-17-14(22-18-13)10-19(2)15(20)7-8-21-12-6-4-5-11(16)9-12/h4-6,9H,3,7-8,10H2,1-2H3. The number of aromatic nitrogens is 2. The highest BCUT2D eigenvalue weighted by molar-refractivity contribution is 9.10. The first-order valence-corrected chi connectivity index (χ1v) is 7.81. The molecule has 0 saturated heterocycles. The van der Waals surface area contributed by atoms with Crippen LogP contribution in [0.5, 0.6) is 5.75 Å². The first kappa shape index (κ1) is 16.5. The van der Waals surface area contributed by atoms with Crippen LogP contribution in [-0.2, 0) is 17.8 Å². The van der Waals surface area contributed by atoms with Crippen molar-refractivity contribution in [2.75, 3.05) is 13.7 Å². The lowest BCUT2D eigenvalue weighted by molar-refractivity contribution is -0.131. The maximum absolute atomic E-state index is 12.0. The van der Waals surface area contributed by atoms with E-state index >= 15 is 0 Å². The van der Waals surface area contributed by atoms with Crippen molar-refractivity contribution in [1.82, 2.24) is 15.0 Å². The van der Waals surface area contributed by atoms with E-state index in [0.717, 1.165) is 10.2 Å². The van der Waals surface area contributed by atoms with Crippen LogP contribution in [0.3, 0.4) is 0 Å². The summed E-state index contributed by atoms with van der Waals surface area (Å²) in [6, 6.07) is 7.51. The van der Waals surface area contributed by atoms with Crippen LogP contribution < -0.4 is 4.74 Å². The summed E-state index contributed by atoms with van der Waals surface area (Å²) in [5.74, 6) is 1.79. The van der Waals surface area contributed by atoms with E-state index in [1.807, 2.05) is 31.2 Å². The van der Waals surface area contributed by atoms with Gasteiger partial charge in [-0.3, -0.25) is 4.79 Å². The fraction of sp³-hybridized carbons (Fsp3) is 0.400. The number of halogens is 1. The molecule has 2 rings (SSSR count). The fourth-order valence-electron chi connectivity index (χ4n) is 1.79. The molecule has 0 N–H and O–H groups in total. The van der Waals surface area contributed by atoms with Gasteiger partial charge in [0.2, 0.25) is 11.8 Å². The van der Waals surface area contributed by atoms with Crippen LogP contribution >= 0.6 is 15.9 Å². The topological polar surface area (TPSA) is 68.5 Å². The molecule has 6 nitrogen and oxygen atoms in total. The Morgan fingerprint density at radius 2 is 2.27 bits per heavy atom. The Kier molecular flexibility index (Phi) is 5.94. The molecule has 1 heterocycles. The van der Waals surface area contributed by atoms with Gasteiger partial charge in [-0.05, 0) is 18.2 Å². The largest absolute Gasteiger partial charge is 0.493 e. The molecule has 2 aromatic rings. The third kappa shape index (κ3) is 4.84. The smallest absolute Gasteiger partial charge is 0.246 e. The maximum atomic E-state index is 12.0. The van der Waals surface area contributed by atoms with E-state index in [2.05, 4.69) is 26.1 Å².